The minimum Gasteiger partial charge on any atom is -0.462 e. The highest BCUT2D eigenvalue weighted by atomic mass is 16.6. The second-order valence-electron chi connectivity index (χ2n) is 18.1. The Bertz CT molecular complexity index is 1230. The summed E-state index contributed by atoms with van der Waals surface area (Å²) < 4.78 is 16.7. The quantitative estimate of drug-likeness (QED) is 0.0262. The molecule has 6 heteroatoms. The molecule has 0 aromatic carbocycles. The van der Waals surface area contributed by atoms with E-state index in [-0.39, 0.29) is 37.5 Å². The molecule has 374 valence electrons. The van der Waals surface area contributed by atoms with E-state index in [2.05, 4.69) is 93.7 Å². The smallest absolute Gasteiger partial charge is 0.306 e. The van der Waals surface area contributed by atoms with Crippen LogP contribution in [0.3, 0.4) is 0 Å². The number of hydrogen-bond donors (Lipinski definition) is 0. The highest BCUT2D eigenvalue weighted by molar-refractivity contribution is 5.71. The zero-order valence-corrected chi connectivity index (χ0v) is 42.7. The van der Waals surface area contributed by atoms with Gasteiger partial charge in [-0.05, 0) is 83.5 Å². The molecule has 0 bridgehead atoms. The minimum absolute atomic E-state index is 0.0971. The van der Waals surface area contributed by atoms with E-state index in [1.54, 1.807) is 0 Å². The third kappa shape index (κ3) is 51.7. The molecule has 0 radical (unpaired) electrons. The first-order chi connectivity index (χ1) is 32.0. The summed E-state index contributed by atoms with van der Waals surface area (Å²) in [6.07, 6.45) is 67.8. The van der Waals surface area contributed by atoms with E-state index in [0.29, 0.717) is 19.3 Å². The van der Waals surface area contributed by atoms with Crippen molar-refractivity contribution in [1.29, 1.82) is 0 Å². The van der Waals surface area contributed by atoms with Crippen LogP contribution in [0.4, 0.5) is 0 Å². The van der Waals surface area contributed by atoms with Gasteiger partial charge in [-0.3, -0.25) is 14.4 Å². The van der Waals surface area contributed by atoms with E-state index < -0.39 is 6.10 Å². The van der Waals surface area contributed by atoms with Crippen molar-refractivity contribution in [2.45, 2.75) is 271 Å². The van der Waals surface area contributed by atoms with Gasteiger partial charge < -0.3 is 14.2 Å². The largest absolute Gasteiger partial charge is 0.462 e. The summed E-state index contributed by atoms with van der Waals surface area (Å²) in [5, 5.41) is 0. The minimum atomic E-state index is -0.802. The fourth-order valence-electron chi connectivity index (χ4n) is 7.59. The maximum absolute atomic E-state index is 12.8. The van der Waals surface area contributed by atoms with E-state index >= 15 is 0 Å². The maximum atomic E-state index is 12.8. The molecule has 0 aromatic heterocycles. The van der Waals surface area contributed by atoms with Gasteiger partial charge in [-0.25, -0.2) is 0 Å². The van der Waals surface area contributed by atoms with Gasteiger partial charge in [0.15, 0.2) is 6.10 Å². The molecule has 0 aromatic rings. The van der Waals surface area contributed by atoms with Gasteiger partial charge >= 0.3 is 17.9 Å². The van der Waals surface area contributed by atoms with Crippen molar-refractivity contribution in [3.05, 3.63) is 72.9 Å². The van der Waals surface area contributed by atoms with Crippen molar-refractivity contribution >= 4 is 17.9 Å². The molecule has 0 aliphatic heterocycles. The molecule has 0 aliphatic rings. The lowest BCUT2D eigenvalue weighted by Crippen LogP contribution is -2.30. The summed E-state index contributed by atoms with van der Waals surface area (Å²) in [6.45, 7) is 6.44. The monoisotopic (exact) mass is 907 g/mol. The number of allylic oxidation sites excluding steroid dienone is 12. The zero-order valence-electron chi connectivity index (χ0n) is 42.7. The first kappa shape index (κ1) is 61.9. The topological polar surface area (TPSA) is 78.9 Å². The number of carbonyl (C=O) groups excluding carboxylic acids is 3. The maximum Gasteiger partial charge on any atom is 0.306 e. The molecule has 6 nitrogen and oxygen atoms in total. The van der Waals surface area contributed by atoms with Gasteiger partial charge in [-0.2, -0.15) is 0 Å². The van der Waals surface area contributed by atoms with Crippen LogP contribution in [0.1, 0.15) is 265 Å². The molecule has 0 amide bonds. The molecule has 0 fully saturated rings. The predicted molar refractivity (Wildman–Crippen MR) is 279 cm³/mol. The number of ether oxygens (including phenoxy) is 3. The number of rotatable bonds is 49. The van der Waals surface area contributed by atoms with Gasteiger partial charge in [0.25, 0.3) is 0 Å². The van der Waals surface area contributed by atoms with Crippen molar-refractivity contribution in [3.8, 4) is 0 Å². The van der Waals surface area contributed by atoms with Crippen molar-refractivity contribution in [1.82, 2.24) is 0 Å². The summed E-state index contributed by atoms with van der Waals surface area (Å²) in [4.78, 5) is 37.8. The first-order valence-corrected chi connectivity index (χ1v) is 27.4. The Labute approximate surface area is 402 Å². The highest BCUT2D eigenvalue weighted by Gasteiger charge is 2.19. The van der Waals surface area contributed by atoms with Gasteiger partial charge in [0.1, 0.15) is 13.2 Å². The van der Waals surface area contributed by atoms with E-state index in [1.165, 1.54) is 141 Å². The molecule has 0 heterocycles. The SMILES string of the molecule is CC/C=C\C/C=C\C/C=C\C/C=C\C/C=C\CCCC(=O)OC(COC(=O)CCCCCCCCC)COC(=O)CCCCCCCCCCCCC/C=C\CCCCCCCCCC. The van der Waals surface area contributed by atoms with E-state index in [0.717, 1.165) is 77.0 Å². The lowest BCUT2D eigenvalue weighted by molar-refractivity contribution is -0.167. The third-order valence-corrected chi connectivity index (χ3v) is 11.7. The molecule has 0 aliphatic carbocycles. The molecule has 1 unspecified atom stereocenters. The van der Waals surface area contributed by atoms with Crippen molar-refractivity contribution < 1.29 is 28.6 Å². The van der Waals surface area contributed by atoms with Gasteiger partial charge in [-0.15, -0.1) is 0 Å². The van der Waals surface area contributed by atoms with Crippen LogP contribution in [-0.2, 0) is 28.6 Å². The van der Waals surface area contributed by atoms with Crippen molar-refractivity contribution in [2.75, 3.05) is 13.2 Å². The lowest BCUT2D eigenvalue weighted by atomic mass is 10.0. The standard InChI is InChI=1S/C59H102O6/c1-4-7-10-13-16-18-20-22-24-26-27-28-29-30-31-33-34-36-38-40-43-46-49-52-58(61)64-55-56(54-63-57(60)51-48-45-42-15-12-9-6-3)65-59(62)53-50-47-44-41-39-37-35-32-25-23-21-19-17-14-11-8-5-2/h8,11,17,19,23,25-27,35,37,41,44,56H,4-7,9-10,12-16,18,20-22,24,28-34,36,38-40,42-43,45-55H2,1-3H3/b11-8-,19-17-,25-23-,27-26-,37-35-,44-41-. The summed E-state index contributed by atoms with van der Waals surface area (Å²) in [5.74, 6) is -0.960. The van der Waals surface area contributed by atoms with E-state index in [1.807, 2.05) is 0 Å². The summed E-state index contributed by atoms with van der Waals surface area (Å²) in [5.41, 5.74) is 0. The van der Waals surface area contributed by atoms with Crippen LogP contribution in [-0.4, -0.2) is 37.2 Å². The molecule has 0 saturated carbocycles. The van der Waals surface area contributed by atoms with Crippen LogP contribution in [0, 0.1) is 0 Å². The Morgan fingerprint density at radius 1 is 0.323 bits per heavy atom. The Hall–Kier alpha value is -3.15. The van der Waals surface area contributed by atoms with Gasteiger partial charge in [0.05, 0.1) is 0 Å². The third-order valence-electron chi connectivity index (χ3n) is 11.7. The Kier molecular flexibility index (Phi) is 50.9. The van der Waals surface area contributed by atoms with Crippen LogP contribution in [0.15, 0.2) is 72.9 Å². The molecular weight excluding hydrogens is 805 g/mol. The molecule has 65 heavy (non-hydrogen) atoms. The van der Waals surface area contributed by atoms with Gasteiger partial charge in [-0.1, -0.05) is 235 Å². The Morgan fingerprint density at radius 2 is 0.615 bits per heavy atom. The van der Waals surface area contributed by atoms with Gasteiger partial charge in [0.2, 0.25) is 0 Å². The van der Waals surface area contributed by atoms with Crippen LogP contribution < -0.4 is 0 Å². The fraction of sp³-hybridized carbons (Fsp3) is 0.746. The summed E-state index contributed by atoms with van der Waals surface area (Å²) >= 11 is 0. The zero-order chi connectivity index (χ0) is 47.2. The van der Waals surface area contributed by atoms with Crippen LogP contribution in [0.5, 0.6) is 0 Å². The predicted octanol–water partition coefficient (Wildman–Crippen LogP) is 18.2. The van der Waals surface area contributed by atoms with E-state index in [4.69, 9.17) is 14.2 Å². The Morgan fingerprint density at radius 3 is 1.00 bits per heavy atom. The lowest BCUT2D eigenvalue weighted by Gasteiger charge is -2.18. The summed E-state index contributed by atoms with van der Waals surface area (Å²) in [7, 11) is 0. The second kappa shape index (κ2) is 53.5. The molecule has 0 spiro atoms. The van der Waals surface area contributed by atoms with Crippen LogP contribution in [0.25, 0.3) is 0 Å². The molecule has 1 atom stereocenters. The van der Waals surface area contributed by atoms with E-state index in [9.17, 15) is 14.4 Å². The van der Waals surface area contributed by atoms with Crippen LogP contribution >= 0.6 is 0 Å². The normalized spacial score (nSPS) is 12.6. The second-order valence-corrected chi connectivity index (χ2v) is 18.1. The highest BCUT2D eigenvalue weighted by Crippen LogP contribution is 2.15. The van der Waals surface area contributed by atoms with Crippen molar-refractivity contribution in [2.24, 2.45) is 0 Å². The fourth-order valence-corrected chi connectivity index (χ4v) is 7.59. The molecule has 0 N–H and O–H groups in total. The first-order valence-electron chi connectivity index (χ1n) is 27.4. The number of carbonyl (C=O) groups is 3. The molecular formula is C59H102O6. The number of unbranched alkanes of at least 4 members (excludes halogenated alkanes) is 26. The van der Waals surface area contributed by atoms with Crippen LogP contribution in [0.2, 0.25) is 0 Å². The Balaban J connectivity index is 4.25. The molecule has 0 saturated heterocycles. The summed E-state index contributed by atoms with van der Waals surface area (Å²) in [6, 6.07) is 0. The average Bonchev–Trinajstić information content (AvgIpc) is 3.30. The van der Waals surface area contributed by atoms with Crippen molar-refractivity contribution in [3.63, 3.8) is 0 Å². The molecule has 0 rings (SSSR count). The average molecular weight is 907 g/mol. The number of hydrogen-bond acceptors (Lipinski definition) is 6. The van der Waals surface area contributed by atoms with Gasteiger partial charge in [0, 0.05) is 19.3 Å². The number of esters is 3.